The van der Waals surface area contributed by atoms with Gasteiger partial charge in [0.2, 0.25) is 5.91 Å². The maximum absolute atomic E-state index is 14.6. The summed E-state index contributed by atoms with van der Waals surface area (Å²) in [5, 5.41) is 2.46. The number of carbonyl (C=O) groups is 3. The van der Waals surface area contributed by atoms with Crippen molar-refractivity contribution < 1.29 is 45.1 Å². The number of amides is 3. The number of allylic oxidation sites excluding steroid dienone is 2. The van der Waals surface area contributed by atoms with E-state index in [9.17, 15) is 45.1 Å². The molecule has 0 aromatic heterocycles. The average Bonchev–Trinajstić information content (AvgIpc) is 2.91. The summed E-state index contributed by atoms with van der Waals surface area (Å²) in [5.74, 6) is -1.71. The Morgan fingerprint density at radius 2 is 1.55 bits per heavy atom. The number of primary amides is 1. The highest BCUT2D eigenvalue weighted by molar-refractivity contribution is 6.09. The fraction of sp³-hybridized carbons (Fsp3) is 0.345. The van der Waals surface area contributed by atoms with Crippen molar-refractivity contribution in [2.24, 2.45) is 5.73 Å². The zero-order chi connectivity index (χ0) is 31.5. The van der Waals surface area contributed by atoms with Crippen molar-refractivity contribution in [1.82, 2.24) is 0 Å². The topological polar surface area (TPSA) is 92.5 Å². The zero-order valence-electron chi connectivity index (χ0n) is 22.6. The number of nitrogens with two attached hydrogens (primary N) is 1. The molecule has 3 rings (SSSR count). The summed E-state index contributed by atoms with van der Waals surface area (Å²) >= 11 is 0. The second-order valence-corrected chi connectivity index (χ2v) is 9.81. The van der Waals surface area contributed by atoms with Crippen LogP contribution in [-0.4, -0.2) is 36.6 Å². The molecule has 0 radical (unpaired) electrons. The lowest BCUT2D eigenvalue weighted by Gasteiger charge is -2.31. The van der Waals surface area contributed by atoms with Crippen molar-refractivity contribution in [3.05, 3.63) is 82.5 Å². The lowest BCUT2D eigenvalue weighted by atomic mass is 9.90. The van der Waals surface area contributed by atoms with Crippen LogP contribution in [0.5, 0.6) is 0 Å². The average molecular weight is 600 g/mol. The Morgan fingerprint density at radius 3 is 2.07 bits per heavy atom. The number of halogens is 7. The van der Waals surface area contributed by atoms with Gasteiger partial charge < -0.3 is 16.0 Å². The zero-order valence-corrected chi connectivity index (χ0v) is 22.6. The van der Waals surface area contributed by atoms with Crippen LogP contribution >= 0.6 is 0 Å². The number of alkyl halides is 7. The molecule has 0 atom stereocenters. The second-order valence-electron chi connectivity index (χ2n) is 9.81. The Labute approximate surface area is 237 Å². The lowest BCUT2D eigenvalue weighted by molar-refractivity contribution is -0.348. The SMILES string of the molecule is Cc1cc(C(F)(C(F)(F)F)C(F)(F)F)cc(C)c1NC(=O)c1cccc(N(CCCC(N)=O)C(=O)C2=CCCC=C2)c1. The number of hydrogen-bond acceptors (Lipinski definition) is 3. The predicted octanol–water partition coefficient (Wildman–Crippen LogP) is 6.72. The third kappa shape index (κ3) is 6.82. The van der Waals surface area contributed by atoms with E-state index in [1.807, 2.05) is 6.08 Å². The molecule has 0 heterocycles. The smallest absolute Gasteiger partial charge is 0.370 e. The van der Waals surface area contributed by atoms with E-state index in [4.69, 9.17) is 5.73 Å². The maximum atomic E-state index is 14.6. The highest BCUT2D eigenvalue weighted by Crippen LogP contribution is 2.53. The number of rotatable bonds is 9. The largest absolute Gasteiger partial charge is 0.435 e. The summed E-state index contributed by atoms with van der Waals surface area (Å²) in [4.78, 5) is 39.0. The Hall–Kier alpha value is -4.16. The first-order valence-corrected chi connectivity index (χ1v) is 12.8. The number of nitrogens with zero attached hydrogens (tertiary/aromatic N) is 1. The van der Waals surface area contributed by atoms with E-state index in [0.717, 1.165) is 20.3 Å². The number of anilines is 2. The summed E-state index contributed by atoms with van der Waals surface area (Å²) in [6, 6.07) is 6.60. The van der Waals surface area contributed by atoms with Gasteiger partial charge in [-0.1, -0.05) is 36.4 Å². The number of aryl methyl sites for hydroxylation is 2. The molecule has 0 bridgehead atoms. The molecule has 0 spiro atoms. The second kappa shape index (κ2) is 12.4. The maximum Gasteiger partial charge on any atom is 0.435 e. The minimum atomic E-state index is -6.28. The van der Waals surface area contributed by atoms with Gasteiger partial charge in [-0.25, -0.2) is 4.39 Å². The first-order valence-electron chi connectivity index (χ1n) is 12.8. The molecule has 0 aliphatic heterocycles. The molecular weight excluding hydrogens is 571 g/mol. The van der Waals surface area contributed by atoms with Crippen LogP contribution in [0, 0.1) is 13.8 Å². The summed E-state index contributed by atoms with van der Waals surface area (Å²) in [7, 11) is 0. The van der Waals surface area contributed by atoms with Gasteiger partial charge in [-0.15, -0.1) is 0 Å². The third-order valence-electron chi connectivity index (χ3n) is 6.66. The molecule has 6 nitrogen and oxygen atoms in total. The van der Waals surface area contributed by atoms with Crippen LogP contribution in [0.2, 0.25) is 0 Å². The van der Waals surface area contributed by atoms with Crippen LogP contribution in [0.25, 0.3) is 0 Å². The van der Waals surface area contributed by atoms with Gasteiger partial charge in [-0.05, 0) is 62.4 Å². The van der Waals surface area contributed by atoms with Gasteiger partial charge in [0.25, 0.3) is 11.8 Å². The van der Waals surface area contributed by atoms with E-state index in [1.165, 1.54) is 23.1 Å². The van der Waals surface area contributed by atoms with Crippen molar-refractivity contribution in [3.8, 4) is 0 Å². The summed E-state index contributed by atoms with van der Waals surface area (Å²) in [6.45, 7) is 2.38. The lowest BCUT2D eigenvalue weighted by Crippen LogP contribution is -2.50. The van der Waals surface area contributed by atoms with E-state index in [-0.39, 0.29) is 47.7 Å². The quantitative estimate of drug-likeness (QED) is 0.314. The molecule has 13 heteroatoms. The minimum Gasteiger partial charge on any atom is -0.370 e. The molecule has 2 aromatic rings. The molecule has 0 saturated heterocycles. The van der Waals surface area contributed by atoms with E-state index in [2.05, 4.69) is 5.32 Å². The molecular formula is C29H28F7N3O3. The van der Waals surface area contributed by atoms with E-state index >= 15 is 0 Å². The molecule has 1 aliphatic rings. The first-order chi connectivity index (χ1) is 19.5. The van der Waals surface area contributed by atoms with Gasteiger partial charge in [-0.2, -0.15) is 26.3 Å². The molecule has 1 aliphatic carbocycles. The Morgan fingerprint density at radius 1 is 0.929 bits per heavy atom. The number of hydrogen-bond donors (Lipinski definition) is 2. The van der Waals surface area contributed by atoms with Crippen LogP contribution in [0.3, 0.4) is 0 Å². The van der Waals surface area contributed by atoms with Gasteiger partial charge >= 0.3 is 18.0 Å². The molecule has 226 valence electrons. The highest BCUT2D eigenvalue weighted by atomic mass is 19.4. The fourth-order valence-corrected chi connectivity index (χ4v) is 4.54. The van der Waals surface area contributed by atoms with E-state index in [0.29, 0.717) is 29.8 Å². The highest BCUT2D eigenvalue weighted by Gasteiger charge is 2.73. The molecule has 42 heavy (non-hydrogen) atoms. The van der Waals surface area contributed by atoms with Gasteiger partial charge in [0.05, 0.1) is 0 Å². The first kappa shape index (κ1) is 32.4. The number of benzene rings is 2. The Balaban J connectivity index is 1.93. The van der Waals surface area contributed by atoms with Crippen molar-refractivity contribution in [2.45, 2.75) is 57.6 Å². The Bertz CT molecular complexity index is 1390. The number of carbonyl (C=O) groups excluding carboxylic acids is 3. The van der Waals surface area contributed by atoms with Crippen LogP contribution in [0.15, 0.2) is 60.2 Å². The molecule has 3 amide bonds. The van der Waals surface area contributed by atoms with Crippen LogP contribution in [-0.2, 0) is 15.3 Å². The van der Waals surface area contributed by atoms with Gasteiger partial charge in [0, 0.05) is 41.0 Å². The predicted molar refractivity (Wildman–Crippen MR) is 142 cm³/mol. The van der Waals surface area contributed by atoms with Crippen molar-refractivity contribution >= 4 is 29.1 Å². The monoisotopic (exact) mass is 599 g/mol. The third-order valence-corrected chi connectivity index (χ3v) is 6.66. The fourth-order valence-electron chi connectivity index (χ4n) is 4.54. The number of nitrogens with one attached hydrogen (secondary N) is 1. The van der Waals surface area contributed by atoms with Crippen LogP contribution < -0.4 is 16.0 Å². The normalized spacial score (nSPS) is 13.9. The van der Waals surface area contributed by atoms with Gasteiger partial charge in [-0.3, -0.25) is 14.4 Å². The molecule has 0 fully saturated rings. The summed E-state index contributed by atoms with van der Waals surface area (Å²) in [6.07, 6.45) is -5.61. The summed E-state index contributed by atoms with van der Waals surface area (Å²) < 4.78 is 94.1. The van der Waals surface area contributed by atoms with Crippen molar-refractivity contribution in [2.75, 3.05) is 16.8 Å². The van der Waals surface area contributed by atoms with E-state index < -0.39 is 35.4 Å². The van der Waals surface area contributed by atoms with Crippen LogP contribution in [0.4, 0.5) is 42.1 Å². The minimum absolute atomic E-state index is 0.0102. The summed E-state index contributed by atoms with van der Waals surface area (Å²) in [5.41, 5.74) is -1.88. The molecule has 0 saturated carbocycles. The van der Waals surface area contributed by atoms with Crippen molar-refractivity contribution in [1.29, 1.82) is 0 Å². The molecule has 2 aromatic carbocycles. The standard InChI is InChI=1S/C29H28F7N3O3/c1-17-14-21(27(30,28(31,32)33)29(34,35)36)15-18(2)24(17)38-25(41)20-10-6-11-22(16-20)39(13-7-12-23(37)40)26(42)19-8-4-3-5-9-19/h4,6,8-11,14-16H,3,5,7,12-13H2,1-2H3,(H2,37,40)(H,38,41). The van der Waals surface area contributed by atoms with E-state index in [1.54, 1.807) is 18.2 Å². The van der Waals surface area contributed by atoms with Gasteiger partial charge in [0.1, 0.15) is 0 Å². The molecule has 0 unspecified atom stereocenters. The van der Waals surface area contributed by atoms with Crippen LogP contribution in [0.1, 0.15) is 52.7 Å². The van der Waals surface area contributed by atoms with Crippen molar-refractivity contribution in [3.63, 3.8) is 0 Å². The molecule has 3 N–H and O–H groups in total. The van der Waals surface area contributed by atoms with Gasteiger partial charge in [0.15, 0.2) is 0 Å². The Kier molecular flexibility index (Phi) is 9.53.